The molecular weight excluding hydrogens is 322 g/mol. The van der Waals surface area contributed by atoms with Gasteiger partial charge in [-0.1, -0.05) is 15.9 Å². The standard InChI is InChI=1S/C14H14BrN3O2/c1-18-8-16-7-12(18)14(19)17-6-10-5-11(15)4-9-2-3-20-13(9)10/h4-5,7-8H,2-3,6H2,1H3,(H,17,19). The number of amides is 1. The van der Waals surface area contributed by atoms with Gasteiger partial charge in [0.25, 0.3) is 5.91 Å². The Bertz CT molecular complexity index is 666. The van der Waals surface area contributed by atoms with E-state index in [0.717, 1.165) is 22.2 Å². The Hall–Kier alpha value is -1.82. The third-order valence-electron chi connectivity index (χ3n) is 3.31. The minimum Gasteiger partial charge on any atom is -0.493 e. The molecule has 5 nitrogen and oxygen atoms in total. The van der Waals surface area contributed by atoms with E-state index in [4.69, 9.17) is 4.74 Å². The van der Waals surface area contributed by atoms with Crippen LogP contribution in [-0.2, 0) is 20.0 Å². The first-order valence-corrected chi connectivity index (χ1v) is 7.13. The fraction of sp³-hybridized carbons (Fsp3) is 0.286. The van der Waals surface area contributed by atoms with Gasteiger partial charge in [0.2, 0.25) is 0 Å². The first-order valence-electron chi connectivity index (χ1n) is 6.34. The molecule has 3 rings (SSSR count). The van der Waals surface area contributed by atoms with Crippen molar-refractivity contribution in [2.45, 2.75) is 13.0 Å². The number of imidazole rings is 1. The van der Waals surface area contributed by atoms with Gasteiger partial charge in [-0.15, -0.1) is 0 Å². The minimum atomic E-state index is -0.142. The molecule has 0 atom stereocenters. The second-order valence-electron chi connectivity index (χ2n) is 4.72. The summed E-state index contributed by atoms with van der Waals surface area (Å²) in [7, 11) is 1.79. The van der Waals surface area contributed by atoms with Gasteiger partial charge in [0.15, 0.2) is 0 Å². The van der Waals surface area contributed by atoms with Crippen LogP contribution in [0, 0.1) is 0 Å². The van der Waals surface area contributed by atoms with Crippen LogP contribution in [0.1, 0.15) is 21.6 Å². The molecule has 20 heavy (non-hydrogen) atoms. The molecule has 2 aromatic rings. The van der Waals surface area contributed by atoms with Crippen LogP contribution in [0.5, 0.6) is 5.75 Å². The summed E-state index contributed by atoms with van der Waals surface area (Å²) in [5.74, 6) is 0.759. The number of hydrogen-bond acceptors (Lipinski definition) is 3. The average molecular weight is 336 g/mol. The fourth-order valence-corrected chi connectivity index (χ4v) is 2.87. The SMILES string of the molecule is Cn1cncc1C(=O)NCc1cc(Br)cc2c1OCC2. The first kappa shape index (κ1) is 13.2. The number of halogens is 1. The van der Waals surface area contributed by atoms with E-state index in [0.29, 0.717) is 18.8 Å². The highest BCUT2D eigenvalue weighted by Gasteiger charge is 2.18. The number of nitrogens with one attached hydrogen (secondary N) is 1. The van der Waals surface area contributed by atoms with E-state index < -0.39 is 0 Å². The summed E-state index contributed by atoms with van der Waals surface area (Å²) in [4.78, 5) is 16.0. The fourth-order valence-electron chi connectivity index (χ4n) is 2.32. The van der Waals surface area contributed by atoms with E-state index in [9.17, 15) is 4.79 Å². The molecule has 104 valence electrons. The van der Waals surface area contributed by atoms with E-state index in [2.05, 4.69) is 32.3 Å². The number of carbonyl (C=O) groups excluding carboxylic acids is 1. The molecule has 1 aliphatic heterocycles. The molecule has 1 N–H and O–H groups in total. The van der Waals surface area contributed by atoms with E-state index in [1.807, 2.05) is 6.07 Å². The van der Waals surface area contributed by atoms with Gasteiger partial charge in [-0.25, -0.2) is 4.98 Å². The Balaban J connectivity index is 1.76. The molecular formula is C14H14BrN3O2. The Morgan fingerprint density at radius 1 is 1.55 bits per heavy atom. The van der Waals surface area contributed by atoms with Gasteiger partial charge in [0.1, 0.15) is 11.4 Å². The number of rotatable bonds is 3. The van der Waals surface area contributed by atoms with Crippen molar-refractivity contribution in [2.75, 3.05) is 6.61 Å². The zero-order valence-electron chi connectivity index (χ0n) is 11.0. The molecule has 0 spiro atoms. The smallest absolute Gasteiger partial charge is 0.269 e. The number of carbonyl (C=O) groups is 1. The van der Waals surface area contributed by atoms with Crippen LogP contribution in [-0.4, -0.2) is 22.1 Å². The maximum Gasteiger partial charge on any atom is 0.269 e. The van der Waals surface area contributed by atoms with Gasteiger partial charge >= 0.3 is 0 Å². The summed E-state index contributed by atoms with van der Waals surface area (Å²) in [6.45, 7) is 1.14. The van der Waals surface area contributed by atoms with Crippen molar-refractivity contribution in [3.8, 4) is 5.75 Å². The van der Waals surface area contributed by atoms with E-state index in [-0.39, 0.29) is 5.91 Å². The lowest BCUT2D eigenvalue weighted by Crippen LogP contribution is -2.25. The molecule has 0 unspecified atom stereocenters. The van der Waals surface area contributed by atoms with E-state index >= 15 is 0 Å². The molecule has 0 bridgehead atoms. The van der Waals surface area contributed by atoms with Crippen molar-refractivity contribution in [1.29, 1.82) is 0 Å². The highest BCUT2D eigenvalue weighted by molar-refractivity contribution is 9.10. The number of aryl methyl sites for hydroxylation is 1. The lowest BCUT2D eigenvalue weighted by Gasteiger charge is -2.10. The van der Waals surface area contributed by atoms with Crippen LogP contribution in [0.15, 0.2) is 29.1 Å². The molecule has 1 aromatic heterocycles. The number of aromatic nitrogens is 2. The van der Waals surface area contributed by atoms with Gasteiger partial charge in [-0.2, -0.15) is 0 Å². The average Bonchev–Trinajstić information content (AvgIpc) is 3.03. The van der Waals surface area contributed by atoms with Crippen molar-refractivity contribution >= 4 is 21.8 Å². The predicted octanol–water partition coefficient (Wildman–Crippen LogP) is 2.05. The molecule has 0 fully saturated rings. The predicted molar refractivity (Wildman–Crippen MR) is 77.7 cm³/mol. The first-order chi connectivity index (χ1) is 9.65. The molecule has 1 aliphatic rings. The van der Waals surface area contributed by atoms with Crippen LogP contribution in [0.25, 0.3) is 0 Å². The van der Waals surface area contributed by atoms with Gasteiger partial charge in [0.05, 0.1) is 19.1 Å². The number of fused-ring (bicyclic) bond motifs is 1. The van der Waals surface area contributed by atoms with Gasteiger partial charge in [-0.3, -0.25) is 4.79 Å². The van der Waals surface area contributed by atoms with Gasteiger partial charge < -0.3 is 14.6 Å². The maximum atomic E-state index is 12.1. The summed E-state index contributed by atoms with van der Waals surface area (Å²) in [6, 6.07) is 4.04. The highest BCUT2D eigenvalue weighted by atomic mass is 79.9. The van der Waals surface area contributed by atoms with Crippen LogP contribution >= 0.6 is 15.9 Å². The zero-order valence-corrected chi connectivity index (χ0v) is 12.6. The Kier molecular flexibility index (Phi) is 3.48. The van der Waals surface area contributed by atoms with Crippen molar-refractivity contribution < 1.29 is 9.53 Å². The summed E-state index contributed by atoms with van der Waals surface area (Å²) >= 11 is 3.49. The molecule has 1 aromatic carbocycles. The van der Waals surface area contributed by atoms with E-state index in [1.54, 1.807) is 24.1 Å². The molecule has 0 radical (unpaired) electrons. The Morgan fingerprint density at radius 3 is 3.15 bits per heavy atom. The van der Waals surface area contributed by atoms with Crippen molar-refractivity contribution in [3.05, 3.63) is 46.0 Å². The van der Waals surface area contributed by atoms with Gasteiger partial charge in [0, 0.05) is 30.0 Å². The van der Waals surface area contributed by atoms with Crippen molar-refractivity contribution in [2.24, 2.45) is 7.05 Å². The molecule has 2 heterocycles. The third-order valence-corrected chi connectivity index (χ3v) is 3.77. The molecule has 0 aliphatic carbocycles. The number of benzene rings is 1. The lowest BCUT2D eigenvalue weighted by molar-refractivity contribution is 0.0942. The Morgan fingerprint density at radius 2 is 2.40 bits per heavy atom. The van der Waals surface area contributed by atoms with Crippen LogP contribution in [0.4, 0.5) is 0 Å². The third kappa shape index (κ3) is 2.43. The Labute approximate surface area is 125 Å². The van der Waals surface area contributed by atoms with Crippen LogP contribution in [0.3, 0.4) is 0 Å². The molecule has 1 amide bonds. The summed E-state index contributed by atoms with van der Waals surface area (Å²) in [5.41, 5.74) is 2.71. The van der Waals surface area contributed by atoms with Gasteiger partial charge in [-0.05, 0) is 17.7 Å². The van der Waals surface area contributed by atoms with Crippen molar-refractivity contribution in [1.82, 2.24) is 14.9 Å². The number of nitrogens with zero attached hydrogens (tertiary/aromatic N) is 2. The number of hydrogen-bond donors (Lipinski definition) is 1. The highest BCUT2D eigenvalue weighted by Crippen LogP contribution is 2.32. The summed E-state index contributed by atoms with van der Waals surface area (Å²) in [5, 5.41) is 2.90. The molecule has 6 heteroatoms. The van der Waals surface area contributed by atoms with Crippen LogP contribution < -0.4 is 10.1 Å². The minimum absolute atomic E-state index is 0.142. The maximum absolute atomic E-state index is 12.1. The molecule has 0 saturated heterocycles. The van der Waals surface area contributed by atoms with E-state index in [1.165, 1.54) is 5.56 Å². The van der Waals surface area contributed by atoms with Crippen LogP contribution in [0.2, 0.25) is 0 Å². The normalized spacial score (nSPS) is 12.9. The second kappa shape index (κ2) is 5.28. The molecule has 0 saturated carbocycles. The largest absolute Gasteiger partial charge is 0.493 e. The zero-order chi connectivity index (χ0) is 14.1. The second-order valence-corrected chi connectivity index (χ2v) is 5.64. The van der Waals surface area contributed by atoms with Crippen molar-refractivity contribution in [3.63, 3.8) is 0 Å². The lowest BCUT2D eigenvalue weighted by atomic mass is 10.1. The topological polar surface area (TPSA) is 56.2 Å². The number of ether oxygens (including phenoxy) is 1. The summed E-state index contributed by atoms with van der Waals surface area (Å²) < 4.78 is 8.34. The monoisotopic (exact) mass is 335 g/mol. The summed E-state index contributed by atoms with van der Waals surface area (Å²) in [6.07, 6.45) is 4.07. The quantitative estimate of drug-likeness (QED) is 0.933.